The summed E-state index contributed by atoms with van der Waals surface area (Å²) < 4.78 is 53.9. The highest BCUT2D eigenvalue weighted by Crippen LogP contribution is 2.76. The van der Waals surface area contributed by atoms with Crippen molar-refractivity contribution < 1.29 is 123 Å². The first-order chi connectivity index (χ1) is 38.4. The van der Waals surface area contributed by atoms with Crippen LogP contribution in [0.4, 0.5) is 0 Å². The van der Waals surface area contributed by atoms with E-state index < -0.39 is 200 Å². The Balaban J connectivity index is 1.02. The summed E-state index contributed by atoms with van der Waals surface area (Å²) in [7, 11) is 0. The normalized spacial score (nSPS) is 52.2. The van der Waals surface area contributed by atoms with E-state index in [4.69, 9.17) is 42.6 Å². The van der Waals surface area contributed by atoms with Crippen LogP contribution in [0.15, 0.2) is 23.3 Å². The summed E-state index contributed by atoms with van der Waals surface area (Å²) in [6.07, 6.45) is -28.6. The van der Waals surface area contributed by atoms with E-state index in [0.29, 0.717) is 44.1 Å². The van der Waals surface area contributed by atoms with E-state index in [1.54, 1.807) is 26.8 Å². The zero-order valence-electron chi connectivity index (χ0n) is 47.8. The van der Waals surface area contributed by atoms with Crippen molar-refractivity contribution in [3.8, 4) is 0 Å². The highest BCUT2D eigenvalue weighted by Gasteiger charge is 2.73. The third-order valence-electron chi connectivity index (χ3n) is 21.7. The highest BCUT2D eigenvalue weighted by molar-refractivity contribution is 5.87. The number of fused-ring (bicyclic) bond motifs is 7. The molecule has 9 aliphatic rings. The molecule has 0 amide bonds. The average Bonchev–Trinajstić information content (AvgIpc) is 0.730. The lowest BCUT2D eigenvalue weighted by Crippen LogP contribution is -2.70. The predicted molar refractivity (Wildman–Crippen MR) is 278 cm³/mol. The lowest BCUT2D eigenvalue weighted by molar-refractivity contribution is -0.393. The first kappa shape index (κ1) is 63.8. The van der Waals surface area contributed by atoms with Crippen LogP contribution in [0.3, 0.4) is 0 Å². The SMILES string of the molecule is CC=C(C)C(=O)OC1CC(C)(C)CC2C3=CCC4C5(C)CCC(OC6OC(C(=O)O)C(OC7OCC(O)C(O)C7OC7OCC(O)C(O)C7O)C(O)C6OC6OC(CO)C(O)C(O)C6O)C(C)(C=O)C5CCC4(C)C3(C)CC(O)C12CO. The van der Waals surface area contributed by atoms with Gasteiger partial charge in [0, 0.05) is 5.57 Å². The minimum atomic E-state index is -2.21. The summed E-state index contributed by atoms with van der Waals surface area (Å²) in [6.45, 7) is 13.6. The van der Waals surface area contributed by atoms with E-state index in [1.165, 1.54) is 0 Å². The first-order valence-electron chi connectivity index (χ1n) is 28.8. The van der Waals surface area contributed by atoms with Gasteiger partial charge in [0.05, 0.1) is 49.5 Å². The molecule has 8 fully saturated rings. The fourth-order valence-corrected chi connectivity index (χ4v) is 16.6. The molecular formula is C57H88O25. The van der Waals surface area contributed by atoms with Gasteiger partial charge in [0.2, 0.25) is 0 Å². The van der Waals surface area contributed by atoms with Crippen LogP contribution in [-0.2, 0) is 57.0 Å². The van der Waals surface area contributed by atoms with Gasteiger partial charge in [0.15, 0.2) is 31.3 Å². The molecule has 29 atom stereocenters. The van der Waals surface area contributed by atoms with Gasteiger partial charge in [0.1, 0.15) is 91.7 Å². The number of aldehydes is 1. The zero-order chi connectivity index (χ0) is 60.1. The molecule has 0 spiro atoms. The van der Waals surface area contributed by atoms with Crippen molar-refractivity contribution in [1.82, 2.24) is 0 Å². The van der Waals surface area contributed by atoms with E-state index in [1.807, 2.05) is 0 Å². The van der Waals surface area contributed by atoms with Gasteiger partial charge in [-0.25, -0.2) is 9.59 Å². The molecule has 4 heterocycles. The number of rotatable bonds is 14. The molecular weight excluding hydrogens is 1080 g/mol. The Morgan fingerprint density at radius 1 is 0.671 bits per heavy atom. The summed E-state index contributed by atoms with van der Waals surface area (Å²) in [4.78, 5) is 40.8. The van der Waals surface area contributed by atoms with Crippen LogP contribution in [0.5, 0.6) is 0 Å². The molecule has 0 aromatic rings. The number of aliphatic carboxylic acids is 1. The van der Waals surface area contributed by atoms with Crippen LogP contribution in [0, 0.1) is 50.2 Å². The van der Waals surface area contributed by atoms with Gasteiger partial charge < -0.3 is 114 Å². The van der Waals surface area contributed by atoms with Gasteiger partial charge in [-0.1, -0.05) is 59.3 Å². The standard InChI is InChI=1S/C57H88O25/c1-9-24(2)47(73)77-34-18-52(3,4)16-26-25-10-11-31-53(5)14-13-33(54(6,22-59)30(53)12-15-55(31,7)56(25,8)17-32(63)57(26,34)23-60)78-51-44(81-49-40(69)38(67)37(66)29(19-58)76-49)41(70)42(45(82-51)46(71)72)79-50-43(36(65)28(62)21-75-50)80-48-39(68)35(64)27(61)20-74-48/h9-10,22,26-45,48-51,58,60-70H,11-21,23H2,1-8H3,(H,71,72). The van der Waals surface area contributed by atoms with Crippen molar-refractivity contribution >= 4 is 18.2 Å². The lowest BCUT2D eigenvalue weighted by atomic mass is 9.33. The minimum Gasteiger partial charge on any atom is -0.479 e. The second-order valence-corrected chi connectivity index (χ2v) is 26.7. The smallest absolute Gasteiger partial charge is 0.335 e. The number of aliphatic hydroxyl groups is 12. The molecule has 4 saturated carbocycles. The second-order valence-electron chi connectivity index (χ2n) is 26.7. The Labute approximate surface area is 476 Å². The molecule has 0 bridgehead atoms. The van der Waals surface area contributed by atoms with Gasteiger partial charge in [-0.15, -0.1) is 0 Å². The monoisotopic (exact) mass is 1170 g/mol. The molecule has 5 aliphatic carbocycles. The summed E-state index contributed by atoms with van der Waals surface area (Å²) in [6, 6.07) is 0. The molecule has 9 rings (SSSR count). The van der Waals surface area contributed by atoms with Crippen molar-refractivity contribution in [2.45, 2.75) is 236 Å². The van der Waals surface area contributed by atoms with E-state index in [9.17, 15) is 80.8 Å². The van der Waals surface area contributed by atoms with Gasteiger partial charge in [-0.05, 0) is 105 Å². The largest absolute Gasteiger partial charge is 0.479 e. The van der Waals surface area contributed by atoms with Gasteiger partial charge in [-0.2, -0.15) is 0 Å². The number of hydrogen-bond acceptors (Lipinski definition) is 24. The molecule has 466 valence electrons. The molecule has 0 radical (unpaired) electrons. The van der Waals surface area contributed by atoms with Gasteiger partial charge in [-0.3, -0.25) is 0 Å². The minimum absolute atomic E-state index is 0.0764. The van der Waals surface area contributed by atoms with Crippen molar-refractivity contribution in [3.63, 3.8) is 0 Å². The predicted octanol–water partition coefficient (Wildman–Crippen LogP) is -1.55. The quantitative estimate of drug-likeness (QED) is 0.0308. The average molecular weight is 1170 g/mol. The van der Waals surface area contributed by atoms with Gasteiger partial charge in [0.25, 0.3) is 0 Å². The summed E-state index contributed by atoms with van der Waals surface area (Å²) in [5, 5.41) is 143. The maximum atomic E-state index is 14.1. The Kier molecular flexibility index (Phi) is 18.2. The number of ether oxygens (including phenoxy) is 9. The van der Waals surface area contributed by atoms with E-state index in [0.717, 1.165) is 11.9 Å². The summed E-state index contributed by atoms with van der Waals surface area (Å²) >= 11 is 0. The van der Waals surface area contributed by atoms with Crippen LogP contribution < -0.4 is 0 Å². The Hall–Kier alpha value is -2.71. The number of esters is 1. The summed E-state index contributed by atoms with van der Waals surface area (Å²) in [5.74, 6) is -3.04. The zero-order valence-corrected chi connectivity index (χ0v) is 47.8. The number of carboxylic acid groups (broad SMARTS) is 1. The molecule has 25 nitrogen and oxygen atoms in total. The topological polar surface area (TPSA) is 397 Å². The van der Waals surface area contributed by atoms with E-state index in [2.05, 4.69) is 40.7 Å². The maximum absolute atomic E-state index is 14.1. The number of hydrogen-bond donors (Lipinski definition) is 13. The Morgan fingerprint density at radius 3 is 1.93 bits per heavy atom. The van der Waals surface area contributed by atoms with Crippen LogP contribution in [0.25, 0.3) is 0 Å². The van der Waals surface area contributed by atoms with Crippen LogP contribution in [0.1, 0.15) is 107 Å². The molecule has 4 saturated heterocycles. The number of carboxylic acids is 1. The molecule has 13 N–H and O–H groups in total. The van der Waals surface area contributed by atoms with Crippen molar-refractivity contribution in [1.29, 1.82) is 0 Å². The molecule has 4 aliphatic heterocycles. The first-order valence-corrected chi connectivity index (χ1v) is 28.8. The molecule has 0 aromatic heterocycles. The third kappa shape index (κ3) is 10.4. The van der Waals surface area contributed by atoms with E-state index >= 15 is 0 Å². The van der Waals surface area contributed by atoms with E-state index in [-0.39, 0.29) is 30.1 Å². The second kappa shape index (κ2) is 23.4. The van der Waals surface area contributed by atoms with Gasteiger partial charge >= 0.3 is 11.9 Å². The number of aliphatic hydroxyl groups excluding tert-OH is 12. The highest BCUT2D eigenvalue weighted by atomic mass is 16.8. The van der Waals surface area contributed by atoms with Crippen LogP contribution >= 0.6 is 0 Å². The fourth-order valence-electron chi connectivity index (χ4n) is 16.6. The molecule has 82 heavy (non-hydrogen) atoms. The maximum Gasteiger partial charge on any atom is 0.335 e. The van der Waals surface area contributed by atoms with Crippen LogP contribution in [-0.4, -0.2) is 240 Å². The Morgan fingerprint density at radius 2 is 1.29 bits per heavy atom. The molecule has 29 unspecified atom stereocenters. The number of allylic oxidation sites excluding steroid dienone is 3. The van der Waals surface area contributed by atoms with Crippen molar-refractivity contribution in [2.24, 2.45) is 50.2 Å². The summed E-state index contributed by atoms with van der Waals surface area (Å²) in [5.41, 5.74) is -2.97. The third-order valence-corrected chi connectivity index (χ3v) is 21.7. The fraction of sp³-hybridized carbons (Fsp3) is 0.877. The number of carbonyl (C=O) groups is 3. The molecule has 0 aromatic carbocycles. The lowest BCUT2D eigenvalue weighted by Gasteiger charge is -2.72. The van der Waals surface area contributed by atoms with Crippen molar-refractivity contribution in [2.75, 3.05) is 26.4 Å². The van der Waals surface area contributed by atoms with Crippen LogP contribution in [0.2, 0.25) is 0 Å². The number of carbonyl (C=O) groups excluding carboxylic acids is 2. The van der Waals surface area contributed by atoms with Crippen molar-refractivity contribution in [3.05, 3.63) is 23.3 Å². The molecule has 25 heteroatoms. The Bertz CT molecular complexity index is 2390.